The molecule has 5 heterocycles. The number of hydrogen-bond acceptors (Lipinski definition) is 9. The molecule has 15 heteroatoms. The van der Waals surface area contributed by atoms with E-state index in [0.29, 0.717) is 11.3 Å². The Kier molecular flexibility index (Phi) is 8.38. The predicted molar refractivity (Wildman–Crippen MR) is 181 cm³/mol. The molecule has 0 bridgehead atoms. The summed E-state index contributed by atoms with van der Waals surface area (Å²) in [5, 5.41) is 9.32. The summed E-state index contributed by atoms with van der Waals surface area (Å²) in [4.78, 5) is 27.3. The van der Waals surface area contributed by atoms with E-state index >= 15 is 17.6 Å². The van der Waals surface area contributed by atoms with Gasteiger partial charge in [-0.2, -0.15) is 28.4 Å². The van der Waals surface area contributed by atoms with Crippen molar-refractivity contribution in [3.8, 4) is 23.2 Å². The third-order valence-electron chi connectivity index (χ3n) is 10.4. The number of nitriles is 1. The van der Waals surface area contributed by atoms with Crippen molar-refractivity contribution in [3.05, 3.63) is 53.6 Å². The van der Waals surface area contributed by atoms with Crippen LogP contribution in [0.1, 0.15) is 50.7 Å². The van der Waals surface area contributed by atoms with E-state index in [1.807, 2.05) is 6.07 Å². The Morgan fingerprint density at radius 3 is 2.56 bits per heavy atom. The van der Waals surface area contributed by atoms with Gasteiger partial charge in [-0.05, 0) is 76.4 Å². The van der Waals surface area contributed by atoms with E-state index in [2.05, 4.69) is 21.4 Å². The highest BCUT2D eigenvalue weighted by Crippen LogP contribution is 2.48. The largest absolute Gasteiger partial charge is 0.461 e. The van der Waals surface area contributed by atoms with Gasteiger partial charge in [-0.3, -0.25) is 9.69 Å². The lowest BCUT2D eigenvalue weighted by molar-refractivity contribution is -0.137. The molecular formula is C35H34F5N7O2S. The molecule has 0 aliphatic carbocycles. The average Bonchev–Trinajstić information content (AvgIpc) is 3.76. The third kappa shape index (κ3) is 5.40. The fraction of sp³-hybridized carbons (Fsp3) is 0.429. The number of halogens is 5. The standard InChI is InChI=1S/C35H34F5N7O2S/c1-4-25(48)46-15-19(3)47(16-18(46)2)32-21-13-23(35(38,39)40)27(20-7-8-24(36)30-26(20)22(14-41)31(42)50-30)28(37)29(21)43-33(44-32)49-17-34-9-5-11-45(34)12-6-10-34/h4,7-8,13,18-19H,1,5-6,9-12,15-17,42H2,2-3H3. The first-order valence-electron chi connectivity index (χ1n) is 16.4. The minimum atomic E-state index is -5.09. The van der Waals surface area contributed by atoms with Crippen molar-refractivity contribution in [2.75, 3.05) is 43.4 Å². The van der Waals surface area contributed by atoms with Gasteiger partial charge >= 0.3 is 12.2 Å². The molecule has 7 rings (SSSR count). The Morgan fingerprint density at radius 1 is 1.18 bits per heavy atom. The van der Waals surface area contributed by atoms with E-state index in [-0.39, 0.29) is 80.6 Å². The molecule has 4 aromatic rings. The fourth-order valence-electron chi connectivity index (χ4n) is 7.98. The number of nitrogens with two attached hydrogens (primary N) is 1. The number of anilines is 2. The fourth-order valence-corrected chi connectivity index (χ4v) is 8.93. The maximum Gasteiger partial charge on any atom is 0.417 e. The average molecular weight is 712 g/mol. The maximum absolute atomic E-state index is 17.1. The minimum absolute atomic E-state index is 0.0277. The number of thiophene rings is 1. The van der Waals surface area contributed by atoms with Gasteiger partial charge in [0.2, 0.25) is 5.91 Å². The van der Waals surface area contributed by atoms with Crippen LogP contribution in [0.25, 0.3) is 32.1 Å². The highest BCUT2D eigenvalue weighted by molar-refractivity contribution is 7.23. The van der Waals surface area contributed by atoms with Gasteiger partial charge < -0.3 is 20.3 Å². The van der Waals surface area contributed by atoms with Crippen molar-refractivity contribution in [1.82, 2.24) is 19.8 Å². The van der Waals surface area contributed by atoms with Gasteiger partial charge in [0.05, 0.1) is 21.4 Å². The number of rotatable bonds is 6. The Bertz CT molecular complexity index is 2080. The molecule has 0 spiro atoms. The van der Waals surface area contributed by atoms with Crippen molar-refractivity contribution in [2.24, 2.45) is 0 Å². The zero-order chi connectivity index (χ0) is 35.7. The summed E-state index contributed by atoms with van der Waals surface area (Å²) in [7, 11) is 0. The van der Waals surface area contributed by atoms with E-state index in [1.165, 1.54) is 6.08 Å². The molecule has 0 saturated carbocycles. The van der Waals surface area contributed by atoms with Crippen molar-refractivity contribution < 1.29 is 31.5 Å². The summed E-state index contributed by atoms with van der Waals surface area (Å²) >= 11 is 0.701. The molecule has 3 saturated heterocycles. The molecule has 2 N–H and O–H groups in total. The quantitative estimate of drug-likeness (QED) is 0.170. The molecule has 1 amide bonds. The first kappa shape index (κ1) is 33.9. The molecule has 0 radical (unpaired) electrons. The number of piperazine rings is 1. The Morgan fingerprint density at radius 2 is 1.90 bits per heavy atom. The lowest BCUT2D eigenvalue weighted by Crippen LogP contribution is -2.58. The van der Waals surface area contributed by atoms with Crippen LogP contribution < -0.4 is 15.4 Å². The Balaban J connectivity index is 1.46. The first-order chi connectivity index (χ1) is 23.8. The zero-order valence-corrected chi connectivity index (χ0v) is 28.2. The number of nitrogens with zero attached hydrogens (tertiary/aromatic N) is 6. The highest BCUT2D eigenvalue weighted by atomic mass is 32.1. The van der Waals surface area contributed by atoms with E-state index in [9.17, 15) is 14.4 Å². The van der Waals surface area contributed by atoms with Crippen LogP contribution in [0, 0.1) is 23.0 Å². The third-order valence-corrected chi connectivity index (χ3v) is 11.4. The molecule has 9 nitrogen and oxygen atoms in total. The summed E-state index contributed by atoms with van der Waals surface area (Å²) in [5.74, 6) is -2.39. The van der Waals surface area contributed by atoms with Gasteiger partial charge in [0, 0.05) is 41.5 Å². The van der Waals surface area contributed by atoms with Gasteiger partial charge in [0.15, 0.2) is 5.82 Å². The number of ether oxygens (including phenoxy) is 1. The van der Waals surface area contributed by atoms with Crippen LogP contribution in [0.3, 0.4) is 0 Å². The number of hydrogen-bond donors (Lipinski definition) is 1. The van der Waals surface area contributed by atoms with Crippen LogP contribution >= 0.6 is 11.3 Å². The smallest absolute Gasteiger partial charge is 0.417 e. The van der Waals surface area contributed by atoms with Crippen molar-refractivity contribution in [2.45, 2.75) is 63.3 Å². The molecule has 2 aromatic carbocycles. The van der Waals surface area contributed by atoms with E-state index in [4.69, 9.17) is 10.5 Å². The summed E-state index contributed by atoms with van der Waals surface area (Å²) in [6, 6.07) is 3.57. The van der Waals surface area contributed by atoms with Gasteiger partial charge in [-0.15, -0.1) is 11.3 Å². The number of carbonyl (C=O) groups excluding carboxylic acids is 1. The second kappa shape index (κ2) is 12.3. The zero-order valence-electron chi connectivity index (χ0n) is 27.4. The summed E-state index contributed by atoms with van der Waals surface area (Å²) in [6.45, 7) is 9.63. The molecular weight excluding hydrogens is 677 g/mol. The minimum Gasteiger partial charge on any atom is -0.461 e. The lowest BCUT2D eigenvalue weighted by Gasteiger charge is -2.44. The Labute approximate surface area is 288 Å². The second-order valence-corrected chi connectivity index (χ2v) is 14.4. The molecule has 2 unspecified atom stereocenters. The molecule has 262 valence electrons. The highest BCUT2D eigenvalue weighted by Gasteiger charge is 2.45. The normalized spacial score (nSPS) is 20.8. The maximum atomic E-state index is 17.1. The van der Waals surface area contributed by atoms with Crippen LogP contribution in [0.5, 0.6) is 6.01 Å². The number of aromatic nitrogens is 2. The number of amides is 1. The lowest BCUT2D eigenvalue weighted by atomic mass is 9.92. The van der Waals surface area contributed by atoms with Gasteiger partial charge in [-0.1, -0.05) is 12.6 Å². The summed E-state index contributed by atoms with van der Waals surface area (Å²) in [5.41, 5.74) is 2.49. The molecule has 50 heavy (non-hydrogen) atoms. The predicted octanol–water partition coefficient (Wildman–Crippen LogP) is 6.88. The number of nitrogen functional groups attached to an aromatic ring is 1. The van der Waals surface area contributed by atoms with Crippen molar-refractivity contribution >= 4 is 49.1 Å². The monoisotopic (exact) mass is 711 g/mol. The van der Waals surface area contributed by atoms with Crippen LogP contribution in [-0.2, 0) is 11.0 Å². The topological polar surface area (TPSA) is 112 Å². The van der Waals surface area contributed by atoms with Gasteiger partial charge in [-0.25, -0.2) is 8.78 Å². The van der Waals surface area contributed by atoms with E-state index < -0.39 is 40.5 Å². The van der Waals surface area contributed by atoms with Crippen LogP contribution in [-0.4, -0.2) is 76.1 Å². The molecule has 3 fully saturated rings. The van der Waals surface area contributed by atoms with Gasteiger partial charge in [0.25, 0.3) is 0 Å². The number of fused-ring (bicyclic) bond motifs is 3. The van der Waals surface area contributed by atoms with Crippen molar-refractivity contribution in [3.63, 3.8) is 0 Å². The summed E-state index contributed by atoms with van der Waals surface area (Å²) < 4.78 is 83.2. The number of benzene rings is 2. The van der Waals surface area contributed by atoms with E-state index in [1.54, 1.807) is 23.6 Å². The van der Waals surface area contributed by atoms with Crippen molar-refractivity contribution in [1.29, 1.82) is 5.26 Å². The first-order valence-corrected chi connectivity index (χ1v) is 17.2. The molecule has 2 aromatic heterocycles. The molecule has 2 atom stereocenters. The van der Waals surface area contributed by atoms with E-state index in [0.717, 1.165) is 57.0 Å². The molecule has 3 aliphatic heterocycles. The summed E-state index contributed by atoms with van der Waals surface area (Å²) in [6.07, 6.45) is -0.0811. The SMILES string of the molecule is C=CC(=O)N1CC(C)N(c2nc(OCC34CCCN3CCC4)nc3c(F)c(-c4ccc(F)c5sc(N)c(C#N)c45)c(C(F)(F)F)cc23)CC1C. The van der Waals surface area contributed by atoms with Crippen LogP contribution in [0.15, 0.2) is 30.9 Å². The van der Waals surface area contributed by atoms with Crippen LogP contribution in [0.2, 0.25) is 0 Å². The molecule has 3 aliphatic rings. The number of carbonyl (C=O) groups is 1. The number of alkyl halides is 3. The Hall–Kier alpha value is -4.55. The van der Waals surface area contributed by atoms with Crippen LogP contribution in [0.4, 0.5) is 32.8 Å². The van der Waals surface area contributed by atoms with Gasteiger partial charge in [0.1, 0.15) is 34.8 Å². The second-order valence-electron chi connectivity index (χ2n) is 13.3.